The molecule has 0 bridgehead atoms. The lowest BCUT2D eigenvalue weighted by Crippen LogP contribution is -2.53. The molecule has 1 N–H and O–H groups in total. The van der Waals surface area contributed by atoms with Crippen molar-refractivity contribution in [2.45, 2.75) is 71.9 Å². The maximum Gasteiger partial charge on any atom is 0.114 e. The van der Waals surface area contributed by atoms with E-state index in [0.717, 1.165) is 5.75 Å². The van der Waals surface area contributed by atoms with Crippen LogP contribution >= 0.6 is 23.1 Å². The van der Waals surface area contributed by atoms with Gasteiger partial charge in [0.15, 0.2) is 0 Å². The SMILES string of the molecule is CC(C)NC1(c2nc(C(C)(C)C)cs2)CSCC(C)(C)C1. The molecule has 1 aliphatic rings. The van der Waals surface area contributed by atoms with E-state index in [1.165, 1.54) is 22.9 Å². The summed E-state index contributed by atoms with van der Waals surface area (Å²) in [5, 5.41) is 7.39. The van der Waals surface area contributed by atoms with Gasteiger partial charge in [-0.2, -0.15) is 11.8 Å². The molecule has 2 heterocycles. The van der Waals surface area contributed by atoms with Crippen LogP contribution in [0, 0.1) is 5.41 Å². The van der Waals surface area contributed by atoms with Gasteiger partial charge in [0, 0.05) is 22.6 Å². The lowest BCUT2D eigenvalue weighted by Gasteiger charge is -2.45. The summed E-state index contributed by atoms with van der Waals surface area (Å²) in [6.07, 6.45) is 1.17. The molecule has 1 saturated heterocycles. The van der Waals surface area contributed by atoms with Crippen molar-refractivity contribution in [2.75, 3.05) is 11.5 Å². The third-order valence-corrected chi connectivity index (χ3v) is 6.60. The standard InChI is InChI=1S/C17H30N2S2/c1-12(2)19-17(9-16(6,7)10-20-11-17)14-18-13(8-21-14)15(3,4)5/h8,12,19H,9-11H2,1-7H3. The van der Waals surface area contributed by atoms with E-state index >= 15 is 0 Å². The minimum absolute atomic E-state index is 0.0365. The Labute approximate surface area is 138 Å². The Hall–Kier alpha value is -0.0600. The molecule has 2 nitrogen and oxygen atoms in total. The van der Waals surface area contributed by atoms with E-state index in [9.17, 15) is 0 Å². The van der Waals surface area contributed by atoms with Gasteiger partial charge in [-0.15, -0.1) is 11.3 Å². The van der Waals surface area contributed by atoms with Crippen molar-refractivity contribution in [1.82, 2.24) is 10.3 Å². The lowest BCUT2D eigenvalue weighted by atomic mass is 9.79. The van der Waals surface area contributed by atoms with Gasteiger partial charge in [-0.25, -0.2) is 4.98 Å². The molecule has 0 saturated carbocycles. The summed E-state index contributed by atoms with van der Waals surface area (Å²) in [6.45, 7) is 16.0. The van der Waals surface area contributed by atoms with Crippen LogP contribution in [0.1, 0.15) is 65.6 Å². The fraction of sp³-hybridized carbons (Fsp3) is 0.824. The Kier molecular flexibility index (Phi) is 4.83. The monoisotopic (exact) mass is 326 g/mol. The molecule has 4 heteroatoms. The van der Waals surface area contributed by atoms with Gasteiger partial charge in [0.05, 0.1) is 11.2 Å². The van der Waals surface area contributed by atoms with Crippen molar-refractivity contribution >= 4 is 23.1 Å². The maximum atomic E-state index is 5.04. The summed E-state index contributed by atoms with van der Waals surface area (Å²) in [4.78, 5) is 5.04. The number of nitrogens with one attached hydrogen (secondary N) is 1. The van der Waals surface area contributed by atoms with Crippen LogP contribution in [-0.2, 0) is 11.0 Å². The molecule has 2 rings (SSSR count). The Morgan fingerprint density at radius 2 is 1.90 bits per heavy atom. The minimum Gasteiger partial charge on any atom is -0.302 e. The molecule has 1 fully saturated rings. The number of hydrogen-bond donors (Lipinski definition) is 1. The van der Waals surface area contributed by atoms with Gasteiger partial charge in [-0.3, -0.25) is 0 Å². The highest BCUT2D eigenvalue weighted by Crippen LogP contribution is 2.46. The Balaban J connectivity index is 2.38. The number of nitrogens with zero attached hydrogens (tertiary/aromatic N) is 1. The first-order valence-corrected chi connectivity index (χ1v) is 9.90. The minimum atomic E-state index is 0.0365. The van der Waals surface area contributed by atoms with Gasteiger partial charge in [-0.1, -0.05) is 34.6 Å². The van der Waals surface area contributed by atoms with Crippen molar-refractivity contribution in [3.8, 4) is 0 Å². The number of thiazole rings is 1. The lowest BCUT2D eigenvalue weighted by molar-refractivity contribution is 0.211. The molecular weight excluding hydrogens is 296 g/mol. The topological polar surface area (TPSA) is 24.9 Å². The Morgan fingerprint density at radius 3 is 2.38 bits per heavy atom. The predicted molar refractivity (Wildman–Crippen MR) is 96.5 cm³/mol. The third-order valence-electron chi connectivity index (χ3n) is 3.87. The highest BCUT2D eigenvalue weighted by molar-refractivity contribution is 7.99. The molecular formula is C17H30N2S2. The molecule has 0 radical (unpaired) electrons. The summed E-state index contributed by atoms with van der Waals surface area (Å²) in [6, 6.07) is 0.474. The molecule has 0 spiro atoms. The van der Waals surface area contributed by atoms with E-state index in [0.29, 0.717) is 11.5 Å². The first kappa shape index (κ1) is 17.3. The van der Waals surface area contributed by atoms with E-state index in [1.807, 2.05) is 11.3 Å². The van der Waals surface area contributed by atoms with Crippen LogP contribution in [0.4, 0.5) is 0 Å². The molecule has 1 aliphatic heterocycles. The van der Waals surface area contributed by atoms with E-state index in [-0.39, 0.29) is 11.0 Å². The third kappa shape index (κ3) is 4.02. The van der Waals surface area contributed by atoms with Gasteiger partial charge in [-0.05, 0) is 31.4 Å². The zero-order chi connectivity index (χ0) is 15.9. The van der Waals surface area contributed by atoms with Crippen molar-refractivity contribution in [1.29, 1.82) is 0 Å². The molecule has 1 unspecified atom stereocenters. The molecule has 0 aliphatic carbocycles. The zero-order valence-electron chi connectivity index (χ0n) is 14.5. The number of aromatic nitrogens is 1. The molecule has 120 valence electrons. The van der Waals surface area contributed by atoms with Crippen molar-refractivity contribution in [3.05, 3.63) is 16.1 Å². The summed E-state index contributed by atoms with van der Waals surface area (Å²) < 4.78 is 0. The normalized spacial score (nSPS) is 26.3. The number of thioether (sulfide) groups is 1. The van der Waals surface area contributed by atoms with Crippen LogP contribution in [0.5, 0.6) is 0 Å². The van der Waals surface area contributed by atoms with Crippen LogP contribution in [-0.4, -0.2) is 22.5 Å². The van der Waals surface area contributed by atoms with Gasteiger partial charge < -0.3 is 5.32 Å². The summed E-state index contributed by atoms with van der Waals surface area (Å²) >= 11 is 3.90. The van der Waals surface area contributed by atoms with Gasteiger partial charge in [0.25, 0.3) is 0 Å². The van der Waals surface area contributed by atoms with Crippen molar-refractivity contribution in [3.63, 3.8) is 0 Å². The molecule has 1 aromatic heterocycles. The van der Waals surface area contributed by atoms with E-state index < -0.39 is 0 Å². The molecule has 21 heavy (non-hydrogen) atoms. The predicted octanol–water partition coefficient (Wildman–Crippen LogP) is 4.80. The van der Waals surface area contributed by atoms with E-state index in [1.54, 1.807) is 0 Å². The largest absolute Gasteiger partial charge is 0.302 e. The van der Waals surface area contributed by atoms with Gasteiger partial charge >= 0.3 is 0 Å². The molecule has 0 amide bonds. The number of hydrogen-bond acceptors (Lipinski definition) is 4. The summed E-state index contributed by atoms with van der Waals surface area (Å²) in [7, 11) is 0. The fourth-order valence-corrected chi connectivity index (χ4v) is 5.83. The fourth-order valence-electron chi connectivity index (χ4n) is 3.10. The van der Waals surface area contributed by atoms with Crippen molar-refractivity contribution < 1.29 is 0 Å². The second-order valence-corrected chi connectivity index (χ2v) is 10.3. The Bertz CT molecular complexity index is 485. The van der Waals surface area contributed by atoms with Crippen LogP contribution in [0.2, 0.25) is 0 Å². The van der Waals surface area contributed by atoms with Gasteiger partial charge in [0.1, 0.15) is 5.01 Å². The van der Waals surface area contributed by atoms with E-state index in [2.05, 4.69) is 70.9 Å². The highest BCUT2D eigenvalue weighted by Gasteiger charge is 2.44. The summed E-state index contributed by atoms with van der Waals surface area (Å²) in [5.74, 6) is 2.37. The van der Waals surface area contributed by atoms with Crippen LogP contribution < -0.4 is 5.32 Å². The molecule has 0 aromatic carbocycles. The highest BCUT2D eigenvalue weighted by atomic mass is 32.2. The average molecular weight is 327 g/mol. The van der Waals surface area contributed by atoms with Crippen LogP contribution in [0.25, 0.3) is 0 Å². The zero-order valence-corrected chi connectivity index (χ0v) is 16.2. The molecule has 1 atom stereocenters. The smallest absolute Gasteiger partial charge is 0.114 e. The summed E-state index contributed by atoms with van der Waals surface area (Å²) in [5.41, 5.74) is 1.75. The quantitative estimate of drug-likeness (QED) is 0.864. The van der Waals surface area contributed by atoms with Gasteiger partial charge in [0.2, 0.25) is 0 Å². The van der Waals surface area contributed by atoms with Crippen LogP contribution in [0.15, 0.2) is 5.38 Å². The Morgan fingerprint density at radius 1 is 1.24 bits per heavy atom. The first-order chi connectivity index (χ1) is 9.54. The maximum absolute atomic E-state index is 5.04. The first-order valence-electron chi connectivity index (χ1n) is 7.86. The van der Waals surface area contributed by atoms with Crippen LogP contribution in [0.3, 0.4) is 0 Å². The average Bonchev–Trinajstić information content (AvgIpc) is 2.75. The second-order valence-electron chi connectivity index (χ2n) is 8.50. The molecule has 1 aromatic rings. The van der Waals surface area contributed by atoms with Crippen molar-refractivity contribution in [2.24, 2.45) is 5.41 Å². The van der Waals surface area contributed by atoms with E-state index in [4.69, 9.17) is 4.98 Å². The second kappa shape index (κ2) is 5.86. The number of rotatable bonds is 3.